The number of aromatic nitrogens is 2. The van der Waals surface area contributed by atoms with Gasteiger partial charge in [-0.05, 0) is 29.8 Å². The van der Waals surface area contributed by atoms with Gasteiger partial charge in [-0.3, -0.25) is 10.1 Å². The number of nitrogens with one attached hydrogen (secondary N) is 1. The molecule has 0 atom stereocenters. The molecular weight excluding hydrogens is 378 g/mol. The third-order valence-corrected chi connectivity index (χ3v) is 4.11. The van der Waals surface area contributed by atoms with Gasteiger partial charge in [0.25, 0.3) is 0 Å². The zero-order valence-electron chi connectivity index (χ0n) is 16.5. The van der Waals surface area contributed by atoms with E-state index >= 15 is 0 Å². The SMILES string of the molecule is COc1ccc(CC(=O)Nc2nnc(-c3cc(OC)c(OC)c(OC)c3)o2)cc1. The summed E-state index contributed by atoms with van der Waals surface area (Å²) in [5.41, 5.74) is 1.38. The quantitative estimate of drug-likeness (QED) is 0.616. The minimum atomic E-state index is -0.282. The zero-order valence-corrected chi connectivity index (χ0v) is 16.5. The Morgan fingerprint density at radius 1 is 0.931 bits per heavy atom. The van der Waals surface area contributed by atoms with E-state index in [2.05, 4.69) is 15.5 Å². The van der Waals surface area contributed by atoms with Crippen LogP contribution in [0, 0.1) is 0 Å². The number of rotatable bonds is 8. The first kappa shape index (κ1) is 20.0. The van der Waals surface area contributed by atoms with E-state index in [0.717, 1.165) is 11.3 Å². The van der Waals surface area contributed by atoms with Gasteiger partial charge in [0.15, 0.2) is 11.5 Å². The second-order valence-electron chi connectivity index (χ2n) is 5.90. The molecule has 0 radical (unpaired) electrons. The summed E-state index contributed by atoms with van der Waals surface area (Å²) in [5.74, 6) is 1.99. The maximum absolute atomic E-state index is 12.2. The summed E-state index contributed by atoms with van der Waals surface area (Å²) in [4.78, 5) is 12.2. The van der Waals surface area contributed by atoms with Crippen molar-refractivity contribution in [1.29, 1.82) is 0 Å². The first-order chi connectivity index (χ1) is 14.1. The Hall–Kier alpha value is -3.75. The zero-order chi connectivity index (χ0) is 20.8. The van der Waals surface area contributed by atoms with E-state index in [-0.39, 0.29) is 24.2 Å². The van der Waals surface area contributed by atoms with Crippen LogP contribution in [-0.2, 0) is 11.2 Å². The van der Waals surface area contributed by atoms with Crippen LogP contribution in [0.15, 0.2) is 40.8 Å². The van der Waals surface area contributed by atoms with Gasteiger partial charge in [-0.1, -0.05) is 17.2 Å². The van der Waals surface area contributed by atoms with E-state index < -0.39 is 0 Å². The molecule has 3 rings (SSSR count). The van der Waals surface area contributed by atoms with E-state index in [9.17, 15) is 4.79 Å². The number of hydrogen-bond acceptors (Lipinski definition) is 8. The minimum absolute atomic E-state index is 0.00716. The van der Waals surface area contributed by atoms with Crippen LogP contribution in [0.3, 0.4) is 0 Å². The third-order valence-electron chi connectivity index (χ3n) is 4.11. The average molecular weight is 399 g/mol. The van der Waals surface area contributed by atoms with Crippen LogP contribution in [0.2, 0.25) is 0 Å². The van der Waals surface area contributed by atoms with Crippen LogP contribution in [0.25, 0.3) is 11.5 Å². The van der Waals surface area contributed by atoms with E-state index in [0.29, 0.717) is 22.8 Å². The highest BCUT2D eigenvalue weighted by Crippen LogP contribution is 2.41. The molecule has 1 N–H and O–H groups in total. The molecule has 0 fully saturated rings. The molecule has 0 aliphatic rings. The molecule has 29 heavy (non-hydrogen) atoms. The Labute approximate surface area is 167 Å². The van der Waals surface area contributed by atoms with Crippen molar-refractivity contribution < 1.29 is 28.2 Å². The highest BCUT2D eigenvalue weighted by Gasteiger charge is 2.18. The van der Waals surface area contributed by atoms with Crippen molar-refractivity contribution in [1.82, 2.24) is 10.2 Å². The largest absolute Gasteiger partial charge is 0.497 e. The molecule has 0 bridgehead atoms. The first-order valence-electron chi connectivity index (χ1n) is 8.64. The molecule has 1 amide bonds. The van der Waals surface area contributed by atoms with Gasteiger partial charge in [0.2, 0.25) is 17.5 Å². The molecule has 0 saturated carbocycles. The third kappa shape index (κ3) is 4.57. The van der Waals surface area contributed by atoms with Gasteiger partial charge in [-0.15, -0.1) is 5.10 Å². The molecule has 0 unspecified atom stereocenters. The van der Waals surface area contributed by atoms with Crippen molar-refractivity contribution in [2.45, 2.75) is 6.42 Å². The van der Waals surface area contributed by atoms with Crippen LogP contribution < -0.4 is 24.3 Å². The summed E-state index contributed by atoms with van der Waals surface area (Å²) in [6, 6.07) is 10.6. The molecule has 9 nitrogen and oxygen atoms in total. The van der Waals surface area contributed by atoms with Crippen molar-refractivity contribution in [3.63, 3.8) is 0 Å². The predicted octanol–water partition coefficient (Wildman–Crippen LogP) is 2.95. The van der Waals surface area contributed by atoms with Gasteiger partial charge < -0.3 is 23.4 Å². The molecule has 3 aromatic rings. The molecular formula is C20H21N3O6. The fourth-order valence-electron chi connectivity index (χ4n) is 2.69. The molecule has 1 aromatic heterocycles. The fraction of sp³-hybridized carbons (Fsp3) is 0.250. The average Bonchev–Trinajstić information content (AvgIpc) is 3.21. The molecule has 0 aliphatic heterocycles. The lowest BCUT2D eigenvalue weighted by molar-refractivity contribution is -0.115. The van der Waals surface area contributed by atoms with Crippen molar-refractivity contribution in [2.75, 3.05) is 33.8 Å². The summed E-state index contributed by atoms with van der Waals surface area (Å²) in [6.45, 7) is 0. The number of amides is 1. The van der Waals surface area contributed by atoms with Gasteiger partial charge in [0.1, 0.15) is 5.75 Å². The number of nitrogens with zero attached hydrogens (tertiary/aromatic N) is 2. The summed E-state index contributed by atoms with van der Waals surface area (Å²) in [6.07, 6.45) is 0.159. The molecule has 0 spiro atoms. The van der Waals surface area contributed by atoms with Crippen LogP contribution >= 0.6 is 0 Å². The first-order valence-corrected chi connectivity index (χ1v) is 8.64. The lowest BCUT2D eigenvalue weighted by Gasteiger charge is -2.12. The van der Waals surface area contributed by atoms with Gasteiger partial charge >= 0.3 is 6.01 Å². The highest BCUT2D eigenvalue weighted by molar-refractivity contribution is 5.90. The van der Waals surface area contributed by atoms with Crippen molar-refractivity contribution in [3.05, 3.63) is 42.0 Å². The van der Waals surface area contributed by atoms with Gasteiger partial charge in [0, 0.05) is 5.56 Å². The van der Waals surface area contributed by atoms with Gasteiger partial charge in [-0.2, -0.15) is 0 Å². The normalized spacial score (nSPS) is 10.3. The summed E-state index contributed by atoms with van der Waals surface area (Å²) in [5, 5.41) is 10.4. The molecule has 2 aromatic carbocycles. The minimum Gasteiger partial charge on any atom is -0.497 e. The second-order valence-corrected chi connectivity index (χ2v) is 5.90. The van der Waals surface area contributed by atoms with Gasteiger partial charge in [-0.25, -0.2) is 0 Å². The Balaban J connectivity index is 1.74. The topological polar surface area (TPSA) is 105 Å². The lowest BCUT2D eigenvalue weighted by atomic mass is 10.1. The number of carbonyl (C=O) groups is 1. The number of hydrogen-bond donors (Lipinski definition) is 1. The van der Waals surface area contributed by atoms with Crippen molar-refractivity contribution in [3.8, 4) is 34.5 Å². The second kappa shape index (κ2) is 8.96. The molecule has 152 valence electrons. The number of anilines is 1. The molecule has 9 heteroatoms. The van der Waals surface area contributed by atoms with Crippen molar-refractivity contribution >= 4 is 11.9 Å². The predicted molar refractivity (Wildman–Crippen MR) is 105 cm³/mol. The van der Waals surface area contributed by atoms with Gasteiger partial charge in [0.05, 0.1) is 34.9 Å². The van der Waals surface area contributed by atoms with Crippen LogP contribution in [-0.4, -0.2) is 44.5 Å². The number of methoxy groups -OCH3 is 4. The number of ether oxygens (including phenoxy) is 4. The Morgan fingerprint density at radius 2 is 1.59 bits per heavy atom. The lowest BCUT2D eigenvalue weighted by Crippen LogP contribution is -2.14. The standard InChI is InChI=1S/C20H21N3O6/c1-25-14-7-5-12(6-8-14)9-17(24)21-20-23-22-19(29-20)13-10-15(26-2)18(28-4)16(11-13)27-3/h5-8,10-11H,9H2,1-4H3,(H,21,23,24). The Bertz CT molecular complexity index is 959. The van der Waals surface area contributed by atoms with Crippen molar-refractivity contribution in [2.24, 2.45) is 0 Å². The summed E-state index contributed by atoms with van der Waals surface area (Å²) < 4.78 is 26.6. The Kier molecular flexibility index (Phi) is 6.18. The van der Waals surface area contributed by atoms with E-state index in [1.807, 2.05) is 12.1 Å². The van der Waals surface area contributed by atoms with Crippen LogP contribution in [0.1, 0.15) is 5.56 Å². The Morgan fingerprint density at radius 3 is 2.14 bits per heavy atom. The van der Waals surface area contributed by atoms with E-state index in [1.54, 1.807) is 31.4 Å². The van der Waals surface area contributed by atoms with E-state index in [4.69, 9.17) is 23.4 Å². The summed E-state index contributed by atoms with van der Waals surface area (Å²) in [7, 11) is 6.13. The van der Waals surface area contributed by atoms with E-state index in [1.165, 1.54) is 21.3 Å². The smallest absolute Gasteiger partial charge is 0.322 e. The number of carbonyl (C=O) groups excluding carboxylic acids is 1. The van der Waals surface area contributed by atoms with Crippen LogP contribution in [0.4, 0.5) is 6.01 Å². The fourth-order valence-corrected chi connectivity index (χ4v) is 2.69. The maximum Gasteiger partial charge on any atom is 0.322 e. The van der Waals surface area contributed by atoms with Crippen LogP contribution in [0.5, 0.6) is 23.0 Å². The maximum atomic E-state index is 12.2. The molecule has 0 aliphatic carbocycles. The highest BCUT2D eigenvalue weighted by atomic mass is 16.5. The molecule has 1 heterocycles. The molecule has 0 saturated heterocycles. The monoisotopic (exact) mass is 399 g/mol. The summed E-state index contributed by atoms with van der Waals surface area (Å²) >= 11 is 0. The number of benzene rings is 2.